The molecule has 7 nitrogen and oxygen atoms in total. The van der Waals surface area contributed by atoms with Gasteiger partial charge in [0, 0.05) is 18.0 Å². The Labute approximate surface area is 116 Å². The lowest BCUT2D eigenvalue weighted by Crippen LogP contribution is -2.22. The molecule has 0 saturated heterocycles. The van der Waals surface area contributed by atoms with E-state index in [9.17, 15) is 14.0 Å². The molecule has 0 saturated carbocycles. The molecular weight excluding hydrogens is 279 g/mol. The Hall–Kier alpha value is -3.03. The number of nitrogens with zero attached hydrogens (tertiary/aromatic N) is 4. The lowest BCUT2D eigenvalue weighted by molar-refractivity contribution is 0.0691. The second-order valence-corrected chi connectivity index (χ2v) is 4.33. The molecule has 0 fully saturated rings. The molecule has 8 heteroatoms. The van der Waals surface area contributed by atoms with Gasteiger partial charge in [-0.3, -0.25) is 4.98 Å². The van der Waals surface area contributed by atoms with Crippen molar-refractivity contribution in [3.63, 3.8) is 0 Å². The molecule has 0 aliphatic heterocycles. The van der Waals surface area contributed by atoms with E-state index in [-0.39, 0.29) is 12.1 Å². The molecule has 3 aromatic rings. The van der Waals surface area contributed by atoms with Crippen LogP contribution in [-0.2, 0) is 6.54 Å². The Balaban J connectivity index is 2.07. The molecule has 0 spiro atoms. The molecule has 106 valence electrons. The molecule has 0 amide bonds. The summed E-state index contributed by atoms with van der Waals surface area (Å²) in [6.07, 6.45) is 4.29. The van der Waals surface area contributed by atoms with Crippen molar-refractivity contribution in [1.82, 2.24) is 19.2 Å². The summed E-state index contributed by atoms with van der Waals surface area (Å²) in [6.45, 7) is -0.159. The van der Waals surface area contributed by atoms with Crippen molar-refractivity contribution >= 4 is 11.6 Å². The Morgan fingerprint density at radius 1 is 1.38 bits per heavy atom. The minimum Gasteiger partial charge on any atom is -0.478 e. The highest BCUT2D eigenvalue weighted by atomic mass is 19.1. The van der Waals surface area contributed by atoms with Crippen LogP contribution in [0.3, 0.4) is 0 Å². The predicted octanol–water partition coefficient (Wildman–Crippen LogP) is 0.777. The zero-order chi connectivity index (χ0) is 15.0. The third-order valence-electron chi connectivity index (χ3n) is 3.02. The van der Waals surface area contributed by atoms with E-state index in [0.717, 1.165) is 10.7 Å². The summed E-state index contributed by atoms with van der Waals surface area (Å²) in [7, 11) is 0. The Bertz CT molecular complexity index is 900. The molecule has 21 heavy (non-hydrogen) atoms. The number of benzene rings is 1. The van der Waals surface area contributed by atoms with Crippen LogP contribution in [0.1, 0.15) is 15.9 Å². The molecule has 2 aromatic heterocycles. The molecule has 2 heterocycles. The topological polar surface area (TPSA) is 89.5 Å². The zero-order valence-electron chi connectivity index (χ0n) is 10.6. The monoisotopic (exact) mass is 288 g/mol. The van der Waals surface area contributed by atoms with Crippen molar-refractivity contribution in [1.29, 1.82) is 0 Å². The average Bonchev–Trinajstić information content (AvgIpc) is 2.78. The maximum absolute atomic E-state index is 14.1. The van der Waals surface area contributed by atoms with E-state index in [1.807, 2.05) is 0 Å². The number of aromatic nitrogens is 4. The molecule has 0 radical (unpaired) electrons. The van der Waals surface area contributed by atoms with Crippen molar-refractivity contribution in [3.8, 4) is 0 Å². The number of halogens is 1. The van der Waals surface area contributed by atoms with Crippen molar-refractivity contribution in [2.24, 2.45) is 0 Å². The van der Waals surface area contributed by atoms with Gasteiger partial charge in [0.1, 0.15) is 5.82 Å². The lowest BCUT2D eigenvalue weighted by atomic mass is 10.1. The molecule has 0 bridgehead atoms. The molecule has 1 N–H and O–H groups in total. The van der Waals surface area contributed by atoms with E-state index < -0.39 is 23.0 Å². The number of rotatable bonds is 3. The second-order valence-electron chi connectivity index (χ2n) is 4.33. The van der Waals surface area contributed by atoms with Gasteiger partial charge in [0.2, 0.25) is 0 Å². The van der Waals surface area contributed by atoms with E-state index in [1.165, 1.54) is 35.1 Å². The summed E-state index contributed by atoms with van der Waals surface area (Å²) in [4.78, 5) is 26.8. The van der Waals surface area contributed by atoms with Gasteiger partial charge in [-0.15, -0.1) is 5.10 Å². The highest BCUT2D eigenvalue weighted by Crippen LogP contribution is 2.13. The van der Waals surface area contributed by atoms with Gasteiger partial charge >= 0.3 is 11.7 Å². The highest BCUT2D eigenvalue weighted by molar-refractivity contribution is 5.88. The molecule has 0 aliphatic rings. The number of aromatic carboxylic acids is 1. The van der Waals surface area contributed by atoms with Crippen LogP contribution in [0.4, 0.5) is 4.39 Å². The third-order valence-corrected chi connectivity index (χ3v) is 3.02. The number of fused-ring (bicyclic) bond motifs is 1. The first-order chi connectivity index (χ1) is 10.1. The van der Waals surface area contributed by atoms with Gasteiger partial charge in [0.25, 0.3) is 0 Å². The van der Waals surface area contributed by atoms with Gasteiger partial charge in [-0.25, -0.2) is 23.1 Å². The van der Waals surface area contributed by atoms with Gasteiger partial charge < -0.3 is 5.11 Å². The Morgan fingerprint density at radius 3 is 2.90 bits per heavy atom. The van der Waals surface area contributed by atoms with Gasteiger partial charge in [-0.2, -0.15) is 0 Å². The first kappa shape index (κ1) is 13.0. The smallest absolute Gasteiger partial charge is 0.350 e. The van der Waals surface area contributed by atoms with Crippen LogP contribution in [0.15, 0.2) is 41.6 Å². The quantitative estimate of drug-likeness (QED) is 0.769. The summed E-state index contributed by atoms with van der Waals surface area (Å²) in [6, 6.07) is 4.00. The van der Waals surface area contributed by atoms with E-state index >= 15 is 0 Å². The van der Waals surface area contributed by atoms with Crippen LogP contribution in [0.25, 0.3) is 5.65 Å². The molecule has 0 aliphatic carbocycles. The summed E-state index contributed by atoms with van der Waals surface area (Å²) in [5, 5.41) is 12.9. The third kappa shape index (κ3) is 2.16. The summed E-state index contributed by atoms with van der Waals surface area (Å²) in [5.74, 6) is -2.23. The van der Waals surface area contributed by atoms with Crippen LogP contribution in [0.2, 0.25) is 0 Å². The largest absolute Gasteiger partial charge is 0.478 e. The van der Waals surface area contributed by atoms with E-state index in [1.54, 1.807) is 0 Å². The fourth-order valence-electron chi connectivity index (χ4n) is 2.01. The maximum Gasteiger partial charge on any atom is 0.350 e. The SMILES string of the molecule is O=C(O)c1cccc(Cn2nc3cnccn3c2=O)c1F. The fraction of sp³-hybridized carbons (Fsp3) is 0.0769. The van der Waals surface area contributed by atoms with Crippen LogP contribution >= 0.6 is 0 Å². The zero-order valence-corrected chi connectivity index (χ0v) is 10.6. The van der Waals surface area contributed by atoms with Gasteiger partial charge in [-0.1, -0.05) is 12.1 Å². The van der Waals surface area contributed by atoms with Crippen molar-refractivity contribution in [2.75, 3.05) is 0 Å². The van der Waals surface area contributed by atoms with E-state index in [0.29, 0.717) is 5.65 Å². The first-order valence-corrected chi connectivity index (χ1v) is 5.98. The van der Waals surface area contributed by atoms with Crippen molar-refractivity contribution in [3.05, 3.63) is 64.2 Å². The number of carboxylic acid groups (broad SMARTS) is 1. The number of carboxylic acids is 1. The molecule has 0 atom stereocenters. The van der Waals surface area contributed by atoms with Crippen LogP contribution in [-0.4, -0.2) is 30.2 Å². The molecular formula is C13H9FN4O3. The Kier molecular flexibility index (Phi) is 2.98. The average molecular weight is 288 g/mol. The van der Waals surface area contributed by atoms with E-state index in [2.05, 4.69) is 10.1 Å². The standard InChI is InChI=1S/C13H9FN4O3/c14-11-8(2-1-3-9(11)12(19)20)7-18-13(21)17-5-4-15-6-10(17)16-18/h1-6H,7H2,(H,19,20). The van der Waals surface area contributed by atoms with Crippen LogP contribution in [0.5, 0.6) is 0 Å². The molecule has 3 rings (SSSR count). The van der Waals surface area contributed by atoms with Gasteiger partial charge in [0.05, 0.1) is 18.3 Å². The van der Waals surface area contributed by atoms with Crippen LogP contribution < -0.4 is 5.69 Å². The highest BCUT2D eigenvalue weighted by Gasteiger charge is 2.15. The van der Waals surface area contributed by atoms with Gasteiger partial charge in [-0.05, 0) is 6.07 Å². The summed E-state index contributed by atoms with van der Waals surface area (Å²) >= 11 is 0. The second kappa shape index (κ2) is 4.82. The minimum atomic E-state index is -1.36. The predicted molar refractivity (Wildman–Crippen MR) is 69.7 cm³/mol. The van der Waals surface area contributed by atoms with Crippen molar-refractivity contribution < 1.29 is 14.3 Å². The van der Waals surface area contributed by atoms with Gasteiger partial charge in [0.15, 0.2) is 5.65 Å². The lowest BCUT2D eigenvalue weighted by Gasteiger charge is -2.04. The maximum atomic E-state index is 14.1. The Morgan fingerprint density at radius 2 is 2.19 bits per heavy atom. The van der Waals surface area contributed by atoms with Crippen molar-refractivity contribution in [2.45, 2.75) is 6.54 Å². The minimum absolute atomic E-state index is 0.0772. The van der Waals surface area contributed by atoms with Crippen LogP contribution in [0, 0.1) is 5.82 Å². The molecule has 0 unspecified atom stereocenters. The number of hydrogen-bond donors (Lipinski definition) is 1. The molecule has 1 aromatic carbocycles. The summed E-state index contributed by atoms with van der Waals surface area (Å²) in [5.41, 5.74) is -0.482. The number of carbonyl (C=O) groups is 1. The number of hydrogen-bond acceptors (Lipinski definition) is 4. The normalized spacial score (nSPS) is 10.9. The van der Waals surface area contributed by atoms with E-state index in [4.69, 9.17) is 5.11 Å². The fourth-order valence-corrected chi connectivity index (χ4v) is 2.01. The summed E-state index contributed by atoms with van der Waals surface area (Å²) < 4.78 is 16.4. The first-order valence-electron chi connectivity index (χ1n) is 5.98.